The van der Waals surface area contributed by atoms with Gasteiger partial charge in [-0.3, -0.25) is 19.3 Å². The molecule has 0 aromatic heterocycles. The molecular weight excluding hydrogens is 274 g/mol. The second-order valence-corrected chi connectivity index (χ2v) is 6.03. The Balaban J connectivity index is 1.64. The fraction of sp³-hybridized carbons (Fsp3) is 0.714. The number of carbonyl (C=O) groups is 4. The molecule has 1 saturated carbocycles. The van der Waals surface area contributed by atoms with Gasteiger partial charge in [-0.1, -0.05) is 12.8 Å². The van der Waals surface area contributed by atoms with E-state index in [9.17, 15) is 19.2 Å². The van der Waals surface area contributed by atoms with Crippen molar-refractivity contribution in [1.29, 1.82) is 0 Å². The maximum absolute atomic E-state index is 12.4. The molecule has 7 nitrogen and oxygen atoms in total. The number of nitrogens with one attached hydrogen (secondary N) is 1. The molecule has 0 radical (unpaired) electrons. The molecule has 2 saturated heterocycles. The van der Waals surface area contributed by atoms with E-state index in [1.54, 1.807) is 4.90 Å². The zero-order chi connectivity index (χ0) is 15.0. The number of likely N-dealkylation sites (tertiary alicyclic amines) is 1. The fourth-order valence-electron chi connectivity index (χ4n) is 3.38. The smallest absolute Gasteiger partial charge is 0.325 e. The molecule has 1 spiro atoms. The summed E-state index contributed by atoms with van der Waals surface area (Å²) in [6, 6.07) is -0.469. The second kappa shape index (κ2) is 5.13. The minimum Gasteiger partial charge on any atom is -0.340 e. The predicted molar refractivity (Wildman–Crippen MR) is 72.3 cm³/mol. The molecule has 0 unspecified atom stereocenters. The van der Waals surface area contributed by atoms with E-state index < -0.39 is 11.6 Å². The van der Waals surface area contributed by atoms with Crippen molar-refractivity contribution in [3.8, 4) is 0 Å². The van der Waals surface area contributed by atoms with Crippen LogP contribution in [0.5, 0.6) is 0 Å². The maximum atomic E-state index is 12.4. The summed E-state index contributed by atoms with van der Waals surface area (Å²) in [5.74, 6) is -0.383. The molecule has 0 aromatic rings. The average Bonchev–Trinajstić information content (AvgIpc) is 3.01. The van der Waals surface area contributed by atoms with Crippen molar-refractivity contribution in [2.45, 2.75) is 44.1 Å². The number of carbonyl (C=O) groups excluding carboxylic acids is 4. The van der Waals surface area contributed by atoms with Crippen LogP contribution in [0.1, 0.15) is 38.5 Å². The lowest BCUT2D eigenvalue weighted by atomic mass is 9.98. The molecule has 7 heteroatoms. The molecule has 0 bridgehead atoms. The van der Waals surface area contributed by atoms with E-state index >= 15 is 0 Å². The number of hydrogen-bond donors (Lipinski definition) is 1. The van der Waals surface area contributed by atoms with Crippen LogP contribution < -0.4 is 5.32 Å². The first-order chi connectivity index (χ1) is 10.0. The van der Waals surface area contributed by atoms with E-state index in [4.69, 9.17) is 0 Å². The Bertz CT molecular complexity index is 500. The van der Waals surface area contributed by atoms with Crippen LogP contribution >= 0.6 is 0 Å². The molecule has 4 amide bonds. The van der Waals surface area contributed by atoms with Crippen molar-refractivity contribution in [3.63, 3.8) is 0 Å². The lowest BCUT2D eigenvalue weighted by molar-refractivity contribution is -0.140. The number of urea groups is 1. The van der Waals surface area contributed by atoms with Crippen molar-refractivity contribution >= 4 is 23.6 Å². The van der Waals surface area contributed by atoms with E-state index in [1.807, 2.05) is 0 Å². The van der Waals surface area contributed by atoms with Gasteiger partial charge in [-0.05, 0) is 12.8 Å². The number of imide groups is 1. The van der Waals surface area contributed by atoms with Crippen LogP contribution in [0.3, 0.4) is 0 Å². The molecule has 2 heterocycles. The van der Waals surface area contributed by atoms with Crippen molar-refractivity contribution < 1.29 is 19.2 Å². The van der Waals surface area contributed by atoms with Crippen LogP contribution in [0.15, 0.2) is 0 Å². The SMILES string of the molecule is O=C1CCN(C(=O)CN2C(=O)NC3(CCCC3)C2=O)CC1. The zero-order valence-corrected chi connectivity index (χ0v) is 11.9. The van der Waals surface area contributed by atoms with Crippen LogP contribution in [0.25, 0.3) is 0 Å². The summed E-state index contributed by atoms with van der Waals surface area (Å²) in [5, 5.41) is 2.76. The van der Waals surface area contributed by atoms with E-state index in [2.05, 4.69) is 5.32 Å². The molecule has 2 aliphatic heterocycles. The first-order valence-corrected chi connectivity index (χ1v) is 7.45. The molecule has 3 fully saturated rings. The summed E-state index contributed by atoms with van der Waals surface area (Å²) in [6.07, 6.45) is 3.86. The molecule has 21 heavy (non-hydrogen) atoms. The Kier molecular flexibility index (Phi) is 3.43. The maximum Gasteiger partial charge on any atom is 0.325 e. The monoisotopic (exact) mass is 293 g/mol. The van der Waals surface area contributed by atoms with E-state index in [0.29, 0.717) is 38.8 Å². The van der Waals surface area contributed by atoms with Crippen molar-refractivity contribution in [3.05, 3.63) is 0 Å². The molecule has 114 valence electrons. The number of Topliss-reactive ketones (excluding diaryl/α,β-unsaturated/α-hetero) is 1. The molecular formula is C14H19N3O4. The Morgan fingerprint density at radius 2 is 1.71 bits per heavy atom. The number of ketones is 1. The summed E-state index contributed by atoms with van der Waals surface area (Å²) in [4.78, 5) is 50.4. The minimum atomic E-state index is -0.769. The van der Waals surface area contributed by atoms with Crippen LogP contribution in [-0.4, -0.2) is 58.6 Å². The number of amides is 4. The Labute approximate surface area is 122 Å². The van der Waals surface area contributed by atoms with Gasteiger partial charge in [0.2, 0.25) is 5.91 Å². The highest BCUT2D eigenvalue weighted by molar-refractivity contribution is 6.09. The van der Waals surface area contributed by atoms with E-state index in [-0.39, 0.29) is 24.1 Å². The highest BCUT2D eigenvalue weighted by atomic mass is 16.2. The zero-order valence-electron chi connectivity index (χ0n) is 11.9. The van der Waals surface area contributed by atoms with Crippen LogP contribution in [0.4, 0.5) is 4.79 Å². The van der Waals surface area contributed by atoms with Gasteiger partial charge in [-0.25, -0.2) is 4.79 Å². The van der Waals surface area contributed by atoms with Gasteiger partial charge in [-0.15, -0.1) is 0 Å². The number of hydrogen-bond acceptors (Lipinski definition) is 4. The van der Waals surface area contributed by atoms with Gasteiger partial charge in [-0.2, -0.15) is 0 Å². The van der Waals surface area contributed by atoms with Crippen molar-refractivity contribution in [2.24, 2.45) is 0 Å². The summed E-state index contributed by atoms with van der Waals surface area (Å²) in [5.41, 5.74) is -0.769. The summed E-state index contributed by atoms with van der Waals surface area (Å²) in [6.45, 7) is 0.541. The summed E-state index contributed by atoms with van der Waals surface area (Å²) < 4.78 is 0. The average molecular weight is 293 g/mol. The first-order valence-electron chi connectivity index (χ1n) is 7.45. The Morgan fingerprint density at radius 3 is 2.33 bits per heavy atom. The highest BCUT2D eigenvalue weighted by Crippen LogP contribution is 2.34. The third kappa shape index (κ3) is 2.41. The van der Waals surface area contributed by atoms with Crippen molar-refractivity contribution in [2.75, 3.05) is 19.6 Å². The molecule has 3 aliphatic rings. The molecule has 0 aromatic carbocycles. The summed E-state index contributed by atoms with van der Waals surface area (Å²) in [7, 11) is 0. The number of rotatable bonds is 2. The van der Waals surface area contributed by atoms with Crippen LogP contribution in [0, 0.1) is 0 Å². The molecule has 1 aliphatic carbocycles. The molecule has 0 atom stereocenters. The first kappa shape index (κ1) is 14.0. The molecule has 3 rings (SSSR count). The van der Waals surface area contributed by atoms with Gasteiger partial charge in [0.15, 0.2) is 0 Å². The van der Waals surface area contributed by atoms with Gasteiger partial charge in [0.05, 0.1) is 0 Å². The summed E-state index contributed by atoms with van der Waals surface area (Å²) >= 11 is 0. The fourth-order valence-corrected chi connectivity index (χ4v) is 3.38. The normalized spacial score (nSPS) is 24.9. The largest absolute Gasteiger partial charge is 0.340 e. The number of nitrogens with zero attached hydrogens (tertiary/aromatic N) is 2. The molecule has 1 N–H and O–H groups in total. The van der Waals surface area contributed by atoms with Crippen molar-refractivity contribution in [1.82, 2.24) is 15.1 Å². The van der Waals surface area contributed by atoms with Gasteiger partial charge >= 0.3 is 6.03 Å². The van der Waals surface area contributed by atoms with Gasteiger partial charge in [0.1, 0.15) is 17.9 Å². The quantitative estimate of drug-likeness (QED) is 0.728. The van der Waals surface area contributed by atoms with Gasteiger partial charge < -0.3 is 10.2 Å². The lowest BCUT2D eigenvalue weighted by Gasteiger charge is -2.27. The highest BCUT2D eigenvalue weighted by Gasteiger charge is 2.52. The van der Waals surface area contributed by atoms with E-state index in [1.165, 1.54) is 0 Å². The lowest BCUT2D eigenvalue weighted by Crippen LogP contribution is -2.47. The second-order valence-electron chi connectivity index (χ2n) is 6.03. The van der Waals surface area contributed by atoms with Crippen LogP contribution in [0.2, 0.25) is 0 Å². The van der Waals surface area contributed by atoms with Crippen LogP contribution in [-0.2, 0) is 14.4 Å². The minimum absolute atomic E-state index is 0.152. The van der Waals surface area contributed by atoms with E-state index in [0.717, 1.165) is 17.7 Å². The Morgan fingerprint density at radius 1 is 1.10 bits per heavy atom. The third-order valence-corrected chi connectivity index (χ3v) is 4.67. The standard InChI is InChI=1S/C14H19N3O4/c18-10-3-7-16(8-4-10)11(19)9-17-12(20)14(15-13(17)21)5-1-2-6-14/h1-9H2,(H,15,21). The predicted octanol–water partition coefficient (Wildman–Crippen LogP) is 0.0425. The third-order valence-electron chi connectivity index (χ3n) is 4.67. The Hall–Kier alpha value is -1.92. The number of piperidine rings is 1. The van der Waals surface area contributed by atoms with Gasteiger partial charge in [0, 0.05) is 25.9 Å². The topological polar surface area (TPSA) is 86.8 Å². The van der Waals surface area contributed by atoms with Gasteiger partial charge in [0.25, 0.3) is 5.91 Å².